The number of aliphatic hydroxyl groups is 2. The Bertz CT molecular complexity index is 463. The summed E-state index contributed by atoms with van der Waals surface area (Å²) >= 11 is 0. The molecule has 0 aromatic heterocycles. The molecule has 2 unspecified atom stereocenters. The van der Waals surface area contributed by atoms with E-state index in [9.17, 15) is 14.4 Å². The summed E-state index contributed by atoms with van der Waals surface area (Å²) in [6.45, 7) is 12.5. The molecule has 0 rings (SSSR count). The molecule has 0 saturated carbocycles. The van der Waals surface area contributed by atoms with Gasteiger partial charge in [-0.15, -0.1) is 0 Å². The highest BCUT2D eigenvalue weighted by molar-refractivity contribution is 5.85. The molecule has 0 amide bonds. The molecular formula is C17H28O8. The molecule has 0 aliphatic heterocycles. The normalized spacial score (nSPS) is 12.2. The second kappa shape index (κ2) is 16.4. The van der Waals surface area contributed by atoms with Crippen molar-refractivity contribution in [3.05, 3.63) is 36.5 Å². The number of hydrogen-bond acceptors (Lipinski definition) is 6. The Morgan fingerprint density at radius 2 is 1.48 bits per heavy atom. The van der Waals surface area contributed by atoms with Crippen LogP contribution in [0.2, 0.25) is 0 Å². The molecule has 8 heteroatoms. The lowest BCUT2D eigenvalue weighted by Crippen LogP contribution is -2.13. The molecule has 0 spiro atoms. The van der Waals surface area contributed by atoms with E-state index in [1.54, 1.807) is 6.92 Å². The number of carboxylic acid groups (broad SMARTS) is 2. The maximum Gasteiger partial charge on any atom is 0.330 e. The Hall–Kier alpha value is -2.45. The van der Waals surface area contributed by atoms with Gasteiger partial charge in [0.05, 0.1) is 12.2 Å². The van der Waals surface area contributed by atoms with Gasteiger partial charge < -0.3 is 25.2 Å². The number of carbonyl (C=O) groups excluding carboxylic acids is 1. The fourth-order valence-corrected chi connectivity index (χ4v) is 0.696. The molecule has 0 bridgehead atoms. The van der Waals surface area contributed by atoms with Crippen molar-refractivity contribution in [2.75, 3.05) is 6.61 Å². The molecule has 0 heterocycles. The molecule has 0 saturated heterocycles. The minimum absolute atomic E-state index is 0.0326. The summed E-state index contributed by atoms with van der Waals surface area (Å²) in [6, 6.07) is 0. The Balaban J connectivity index is -0.000000300. The Morgan fingerprint density at radius 1 is 1.04 bits per heavy atom. The number of hydrogen-bond donors (Lipinski definition) is 4. The van der Waals surface area contributed by atoms with Crippen LogP contribution < -0.4 is 0 Å². The second-order valence-corrected chi connectivity index (χ2v) is 5.05. The summed E-state index contributed by atoms with van der Waals surface area (Å²) in [4.78, 5) is 30.0. The third kappa shape index (κ3) is 26.7. The first kappa shape index (κ1) is 27.4. The van der Waals surface area contributed by atoms with Crippen LogP contribution in [0.25, 0.3) is 0 Å². The fraction of sp³-hybridized carbons (Fsp3) is 0.471. The standard InChI is InChI=1S/C7H12O3.C6H10O3.C4H6O2/c1-5(7(9)10)3-4-6(2)8;1-3-6(8)9-4-5(2)7;1-3(2)4(5)6/h3,6,8H,4H2,1-2H3,(H,9,10);3,5,7H,1,4H2,2H3;1H2,2H3,(H,5,6). The molecule has 0 aliphatic carbocycles. The van der Waals surface area contributed by atoms with E-state index < -0.39 is 30.1 Å². The van der Waals surface area contributed by atoms with E-state index in [4.69, 9.17) is 20.4 Å². The molecule has 25 heavy (non-hydrogen) atoms. The Labute approximate surface area is 147 Å². The second-order valence-electron chi connectivity index (χ2n) is 5.05. The number of carboxylic acids is 2. The van der Waals surface area contributed by atoms with Crippen molar-refractivity contribution < 1.29 is 39.5 Å². The summed E-state index contributed by atoms with van der Waals surface area (Å²) in [5.74, 6) is -2.37. The molecule has 4 N–H and O–H groups in total. The summed E-state index contributed by atoms with van der Waals surface area (Å²) in [6.07, 6.45) is 1.90. The van der Waals surface area contributed by atoms with Gasteiger partial charge in [0.1, 0.15) is 6.61 Å². The van der Waals surface area contributed by atoms with Crippen LogP contribution in [0.15, 0.2) is 36.5 Å². The minimum atomic E-state index is -0.935. The average molecular weight is 360 g/mol. The number of aliphatic carboxylic acids is 2. The van der Waals surface area contributed by atoms with Crippen molar-refractivity contribution in [3.63, 3.8) is 0 Å². The molecular weight excluding hydrogens is 332 g/mol. The summed E-state index contributed by atoms with van der Waals surface area (Å²) in [7, 11) is 0. The first-order chi connectivity index (χ1) is 11.3. The van der Waals surface area contributed by atoms with Crippen LogP contribution in [-0.4, -0.2) is 57.1 Å². The zero-order valence-electron chi connectivity index (χ0n) is 15.1. The Morgan fingerprint density at radius 3 is 1.72 bits per heavy atom. The molecule has 0 fully saturated rings. The van der Waals surface area contributed by atoms with E-state index in [0.29, 0.717) is 6.42 Å². The van der Waals surface area contributed by atoms with Crippen molar-refractivity contribution in [3.8, 4) is 0 Å². The first-order valence-electron chi connectivity index (χ1n) is 7.29. The molecule has 8 nitrogen and oxygen atoms in total. The number of ether oxygens (including phenoxy) is 1. The number of aliphatic hydroxyl groups excluding tert-OH is 2. The van der Waals surface area contributed by atoms with Gasteiger partial charge in [-0.3, -0.25) is 0 Å². The predicted octanol–water partition coefficient (Wildman–Crippen LogP) is 1.53. The molecule has 144 valence electrons. The van der Waals surface area contributed by atoms with Gasteiger partial charge in [-0.25, -0.2) is 14.4 Å². The van der Waals surface area contributed by atoms with E-state index in [1.807, 2.05) is 0 Å². The highest BCUT2D eigenvalue weighted by atomic mass is 16.5. The fourth-order valence-electron chi connectivity index (χ4n) is 0.696. The first-order valence-corrected chi connectivity index (χ1v) is 7.29. The number of carbonyl (C=O) groups is 3. The van der Waals surface area contributed by atoms with Gasteiger partial charge in [-0.1, -0.05) is 19.2 Å². The third-order valence-electron chi connectivity index (χ3n) is 2.10. The van der Waals surface area contributed by atoms with Gasteiger partial charge >= 0.3 is 17.9 Å². The quantitative estimate of drug-likeness (QED) is 0.395. The molecule has 0 aromatic carbocycles. The summed E-state index contributed by atoms with van der Waals surface area (Å²) < 4.78 is 4.45. The van der Waals surface area contributed by atoms with E-state index in [2.05, 4.69) is 17.9 Å². The topological polar surface area (TPSA) is 141 Å². The molecule has 2 atom stereocenters. The van der Waals surface area contributed by atoms with Crippen molar-refractivity contribution in [2.45, 2.75) is 46.3 Å². The van der Waals surface area contributed by atoms with Gasteiger partial charge in [-0.05, 0) is 34.1 Å². The largest absolute Gasteiger partial charge is 0.478 e. The van der Waals surface area contributed by atoms with Gasteiger partial charge in [-0.2, -0.15) is 0 Å². The maximum absolute atomic E-state index is 10.3. The van der Waals surface area contributed by atoms with E-state index >= 15 is 0 Å². The lowest BCUT2D eigenvalue weighted by atomic mass is 10.2. The molecule has 0 aromatic rings. The zero-order valence-corrected chi connectivity index (χ0v) is 15.1. The van der Waals surface area contributed by atoms with Crippen molar-refractivity contribution in [2.24, 2.45) is 0 Å². The Kier molecular flexibility index (Phi) is 18.0. The summed E-state index contributed by atoms with van der Waals surface area (Å²) in [5, 5.41) is 33.6. The third-order valence-corrected chi connectivity index (χ3v) is 2.10. The lowest BCUT2D eigenvalue weighted by molar-refractivity contribution is -0.140. The average Bonchev–Trinajstić information content (AvgIpc) is 2.50. The SMILES string of the molecule is C=C(C)C(=O)O.C=CC(=O)OCC(C)O.CC(=CCC(C)O)C(=O)O. The van der Waals surface area contributed by atoms with Crippen LogP contribution in [0, 0.1) is 0 Å². The monoisotopic (exact) mass is 360 g/mol. The van der Waals surface area contributed by atoms with Gasteiger partial charge in [0, 0.05) is 17.2 Å². The van der Waals surface area contributed by atoms with E-state index in [1.165, 1.54) is 26.8 Å². The maximum atomic E-state index is 10.3. The van der Waals surface area contributed by atoms with Crippen LogP contribution in [0.4, 0.5) is 0 Å². The van der Waals surface area contributed by atoms with E-state index in [-0.39, 0.29) is 17.8 Å². The lowest BCUT2D eigenvalue weighted by Gasteiger charge is -2.02. The minimum Gasteiger partial charge on any atom is -0.478 e. The highest BCUT2D eigenvalue weighted by Gasteiger charge is 1.99. The van der Waals surface area contributed by atoms with Crippen LogP contribution >= 0.6 is 0 Å². The van der Waals surface area contributed by atoms with Crippen molar-refractivity contribution in [1.29, 1.82) is 0 Å². The van der Waals surface area contributed by atoms with Crippen molar-refractivity contribution in [1.82, 2.24) is 0 Å². The van der Waals surface area contributed by atoms with Crippen LogP contribution in [0.3, 0.4) is 0 Å². The zero-order chi connectivity index (χ0) is 20.6. The van der Waals surface area contributed by atoms with Gasteiger partial charge in [0.25, 0.3) is 0 Å². The van der Waals surface area contributed by atoms with Crippen LogP contribution in [0.1, 0.15) is 34.1 Å². The van der Waals surface area contributed by atoms with Crippen molar-refractivity contribution >= 4 is 17.9 Å². The van der Waals surface area contributed by atoms with E-state index in [0.717, 1.165) is 6.08 Å². The van der Waals surface area contributed by atoms with Gasteiger partial charge in [0.2, 0.25) is 0 Å². The molecule has 0 radical (unpaired) electrons. The van der Waals surface area contributed by atoms with Gasteiger partial charge in [0.15, 0.2) is 0 Å². The van der Waals surface area contributed by atoms with Crippen LogP contribution in [0.5, 0.6) is 0 Å². The van der Waals surface area contributed by atoms with Crippen LogP contribution in [-0.2, 0) is 19.1 Å². The smallest absolute Gasteiger partial charge is 0.330 e. The number of rotatable bonds is 7. The number of esters is 1. The predicted molar refractivity (Wildman–Crippen MR) is 93.0 cm³/mol. The highest BCUT2D eigenvalue weighted by Crippen LogP contribution is 1.98. The molecule has 0 aliphatic rings. The summed E-state index contributed by atoms with van der Waals surface area (Å²) in [5.41, 5.74) is 0.455.